The zero-order valence-electron chi connectivity index (χ0n) is 12.6. The van der Waals surface area contributed by atoms with Crippen molar-refractivity contribution in [1.82, 2.24) is 5.32 Å². The molecule has 1 amide bonds. The lowest BCUT2D eigenvalue weighted by atomic mass is 9.87. The van der Waals surface area contributed by atoms with Gasteiger partial charge in [0.2, 0.25) is 0 Å². The van der Waals surface area contributed by atoms with Crippen LogP contribution in [0.3, 0.4) is 0 Å². The summed E-state index contributed by atoms with van der Waals surface area (Å²) in [6.07, 6.45) is 3.98. The van der Waals surface area contributed by atoms with Gasteiger partial charge in [0.15, 0.2) is 0 Å². The molecule has 1 aliphatic rings. The van der Waals surface area contributed by atoms with Gasteiger partial charge in [-0.25, -0.2) is 4.79 Å². The summed E-state index contributed by atoms with van der Waals surface area (Å²) < 4.78 is 31.9. The van der Waals surface area contributed by atoms with Crippen molar-refractivity contribution in [3.8, 4) is 0 Å². The van der Waals surface area contributed by atoms with Gasteiger partial charge in [-0.05, 0) is 52.4 Å². The van der Waals surface area contributed by atoms with E-state index in [0.29, 0.717) is 0 Å². The van der Waals surface area contributed by atoms with Crippen molar-refractivity contribution >= 4 is 16.2 Å². The molecule has 1 saturated carbocycles. The maximum absolute atomic E-state index is 11.6. The molecule has 0 aromatic rings. The fourth-order valence-corrected chi connectivity index (χ4v) is 2.61. The van der Waals surface area contributed by atoms with Crippen molar-refractivity contribution in [3.63, 3.8) is 0 Å². The third-order valence-electron chi connectivity index (χ3n) is 3.09. The highest BCUT2D eigenvalue weighted by atomic mass is 32.2. The minimum atomic E-state index is -3.37. The Labute approximate surface area is 121 Å². The first kappa shape index (κ1) is 17.2. The van der Waals surface area contributed by atoms with E-state index in [1.807, 2.05) is 20.8 Å². The minimum absolute atomic E-state index is 0.0966. The number of carbonyl (C=O) groups excluding carboxylic acids is 1. The Morgan fingerprint density at radius 1 is 1.20 bits per heavy atom. The molecule has 0 radical (unpaired) electrons. The average molecular weight is 307 g/mol. The molecular weight excluding hydrogens is 282 g/mol. The highest BCUT2D eigenvalue weighted by Gasteiger charge is 2.25. The molecular formula is C13H25NO5S. The monoisotopic (exact) mass is 307 g/mol. The molecule has 1 rings (SSSR count). The van der Waals surface area contributed by atoms with Crippen LogP contribution >= 0.6 is 0 Å². The Balaban J connectivity index is 2.27. The molecule has 6 nitrogen and oxygen atoms in total. The quantitative estimate of drug-likeness (QED) is 0.804. The summed E-state index contributed by atoms with van der Waals surface area (Å²) in [7, 11) is -3.37. The summed E-state index contributed by atoms with van der Waals surface area (Å²) in [5, 5.41) is 2.85. The number of carbonyl (C=O) groups is 1. The fourth-order valence-electron chi connectivity index (χ4n) is 2.17. The van der Waals surface area contributed by atoms with E-state index >= 15 is 0 Å². The van der Waals surface area contributed by atoms with E-state index in [-0.39, 0.29) is 18.6 Å². The van der Waals surface area contributed by atoms with Gasteiger partial charge in [0.25, 0.3) is 10.1 Å². The van der Waals surface area contributed by atoms with E-state index in [4.69, 9.17) is 8.92 Å². The predicted molar refractivity (Wildman–Crippen MR) is 75.9 cm³/mol. The summed E-state index contributed by atoms with van der Waals surface area (Å²) >= 11 is 0. The molecule has 0 aromatic heterocycles. The Morgan fingerprint density at radius 3 is 2.20 bits per heavy atom. The first-order valence-corrected chi connectivity index (χ1v) is 8.71. The predicted octanol–water partition coefficient (Wildman–Crippen LogP) is 2.05. The molecule has 0 unspecified atom stereocenters. The average Bonchev–Trinajstić information content (AvgIpc) is 2.24. The fraction of sp³-hybridized carbons (Fsp3) is 0.923. The van der Waals surface area contributed by atoms with Crippen LogP contribution in [0.25, 0.3) is 0 Å². The number of alkyl carbamates (subject to hydrolysis) is 1. The maximum Gasteiger partial charge on any atom is 0.407 e. The van der Waals surface area contributed by atoms with E-state index in [1.165, 1.54) is 0 Å². The van der Waals surface area contributed by atoms with Crippen molar-refractivity contribution in [2.45, 2.75) is 58.1 Å². The zero-order chi connectivity index (χ0) is 15.4. The summed E-state index contributed by atoms with van der Waals surface area (Å²) in [5.74, 6) is 0.237. The molecule has 0 atom stereocenters. The molecule has 0 heterocycles. The lowest BCUT2D eigenvalue weighted by Crippen LogP contribution is -2.41. The van der Waals surface area contributed by atoms with Crippen LogP contribution in [0.2, 0.25) is 0 Å². The van der Waals surface area contributed by atoms with Crippen molar-refractivity contribution in [2.75, 3.05) is 12.9 Å². The minimum Gasteiger partial charge on any atom is -0.444 e. The van der Waals surface area contributed by atoms with Crippen molar-refractivity contribution in [1.29, 1.82) is 0 Å². The Morgan fingerprint density at radius 2 is 1.75 bits per heavy atom. The second-order valence-corrected chi connectivity index (χ2v) is 8.00. The zero-order valence-corrected chi connectivity index (χ0v) is 13.5. The van der Waals surface area contributed by atoms with Gasteiger partial charge < -0.3 is 10.1 Å². The lowest BCUT2D eigenvalue weighted by Gasteiger charge is -2.29. The first-order chi connectivity index (χ1) is 9.05. The standard InChI is InChI=1S/C13H25NO5S/c1-13(2,3)19-12(15)14-11-7-5-10(6-8-11)9-18-20(4,16)17/h10-11H,5-9H2,1-4H3,(H,14,15)/t10-,11+. The molecule has 0 aromatic carbocycles. The molecule has 0 aliphatic heterocycles. The molecule has 0 bridgehead atoms. The molecule has 1 aliphatic carbocycles. The van der Waals surface area contributed by atoms with Crippen LogP contribution in [-0.4, -0.2) is 39.0 Å². The Hall–Kier alpha value is -0.820. The lowest BCUT2D eigenvalue weighted by molar-refractivity contribution is 0.0484. The number of rotatable bonds is 4. The van der Waals surface area contributed by atoms with Gasteiger partial charge in [-0.3, -0.25) is 4.18 Å². The van der Waals surface area contributed by atoms with Crippen LogP contribution in [0.1, 0.15) is 46.5 Å². The van der Waals surface area contributed by atoms with Crippen molar-refractivity contribution in [3.05, 3.63) is 0 Å². The number of nitrogens with one attached hydrogen (secondary N) is 1. The normalized spacial score (nSPS) is 24.2. The molecule has 1 N–H and O–H groups in total. The molecule has 20 heavy (non-hydrogen) atoms. The summed E-state index contributed by atoms with van der Waals surface area (Å²) in [6.45, 7) is 5.71. The highest BCUT2D eigenvalue weighted by molar-refractivity contribution is 7.85. The van der Waals surface area contributed by atoms with Crippen LogP contribution in [0.15, 0.2) is 0 Å². The molecule has 1 fully saturated rings. The van der Waals surface area contributed by atoms with Crippen LogP contribution in [0.5, 0.6) is 0 Å². The Kier molecular flexibility index (Phi) is 5.82. The summed E-state index contributed by atoms with van der Waals surface area (Å²) in [5.41, 5.74) is -0.495. The molecule has 118 valence electrons. The molecule has 0 spiro atoms. The smallest absolute Gasteiger partial charge is 0.407 e. The van der Waals surface area contributed by atoms with E-state index in [2.05, 4.69) is 5.32 Å². The van der Waals surface area contributed by atoms with Crippen LogP contribution in [0.4, 0.5) is 4.79 Å². The first-order valence-electron chi connectivity index (χ1n) is 6.89. The SMILES string of the molecule is CC(C)(C)OC(=O)N[C@H]1CC[C@@H](COS(C)(=O)=O)CC1. The van der Waals surface area contributed by atoms with Crippen LogP contribution in [0, 0.1) is 5.92 Å². The van der Waals surface area contributed by atoms with E-state index in [0.717, 1.165) is 31.9 Å². The van der Waals surface area contributed by atoms with Gasteiger partial charge in [0.05, 0.1) is 12.9 Å². The third-order valence-corrected chi connectivity index (χ3v) is 3.65. The number of ether oxygens (including phenoxy) is 1. The van der Waals surface area contributed by atoms with E-state index < -0.39 is 21.8 Å². The summed E-state index contributed by atoms with van der Waals surface area (Å²) in [4.78, 5) is 11.6. The highest BCUT2D eigenvalue weighted by Crippen LogP contribution is 2.25. The van der Waals surface area contributed by atoms with Gasteiger partial charge in [-0.2, -0.15) is 8.42 Å². The van der Waals surface area contributed by atoms with Gasteiger partial charge in [-0.15, -0.1) is 0 Å². The van der Waals surface area contributed by atoms with Gasteiger partial charge in [0.1, 0.15) is 5.60 Å². The number of hydrogen-bond acceptors (Lipinski definition) is 5. The summed E-state index contributed by atoms with van der Waals surface area (Å²) in [6, 6.07) is 0.0966. The van der Waals surface area contributed by atoms with E-state index in [9.17, 15) is 13.2 Å². The van der Waals surface area contributed by atoms with E-state index in [1.54, 1.807) is 0 Å². The Bertz CT molecular complexity index is 419. The van der Waals surface area contributed by atoms with Crippen LogP contribution < -0.4 is 5.32 Å². The second kappa shape index (κ2) is 6.76. The third kappa shape index (κ3) is 7.69. The van der Waals surface area contributed by atoms with Gasteiger partial charge in [-0.1, -0.05) is 0 Å². The largest absolute Gasteiger partial charge is 0.444 e. The topological polar surface area (TPSA) is 81.7 Å². The van der Waals surface area contributed by atoms with Crippen molar-refractivity contribution < 1.29 is 22.1 Å². The van der Waals surface area contributed by atoms with Gasteiger partial charge >= 0.3 is 6.09 Å². The number of amides is 1. The van der Waals surface area contributed by atoms with Crippen molar-refractivity contribution in [2.24, 2.45) is 5.92 Å². The van der Waals surface area contributed by atoms with Gasteiger partial charge in [0, 0.05) is 6.04 Å². The number of hydrogen-bond donors (Lipinski definition) is 1. The second-order valence-electron chi connectivity index (χ2n) is 6.35. The molecule has 7 heteroatoms. The molecule has 0 saturated heterocycles. The van der Waals surface area contributed by atoms with Crippen LogP contribution in [-0.2, 0) is 19.0 Å². The maximum atomic E-state index is 11.6.